The summed E-state index contributed by atoms with van der Waals surface area (Å²) in [5, 5.41) is 10.6. The van der Waals surface area contributed by atoms with Gasteiger partial charge in [0.15, 0.2) is 12.2 Å². The van der Waals surface area contributed by atoms with Crippen molar-refractivity contribution >= 4 is 39.5 Å². The monoisotopic (exact) mass is 1470 g/mol. The van der Waals surface area contributed by atoms with Gasteiger partial charge in [-0.2, -0.15) is 0 Å². The Balaban J connectivity index is 5.23. The van der Waals surface area contributed by atoms with E-state index in [2.05, 4.69) is 41.5 Å². The highest BCUT2D eigenvalue weighted by atomic mass is 31.2. The van der Waals surface area contributed by atoms with E-state index in [4.69, 9.17) is 37.0 Å². The van der Waals surface area contributed by atoms with E-state index in [1.807, 2.05) is 0 Å². The predicted molar refractivity (Wildman–Crippen MR) is 409 cm³/mol. The molecule has 0 amide bonds. The second kappa shape index (κ2) is 72.6. The van der Waals surface area contributed by atoms with Crippen molar-refractivity contribution < 1.29 is 80.2 Å². The Morgan fingerprint density at radius 3 is 0.680 bits per heavy atom. The van der Waals surface area contributed by atoms with Gasteiger partial charge in [0.25, 0.3) is 0 Å². The van der Waals surface area contributed by atoms with Crippen molar-refractivity contribution in [3.8, 4) is 0 Å². The molecular formula is C81H158O17P2. The van der Waals surface area contributed by atoms with Crippen LogP contribution in [0.25, 0.3) is 0 Å². The Morgan fingerprint density at radius 2 is 0.460 bits per heavy atom. The lowest BCUT2D eigenvalue weighted by Crippen LogP contribution is -2.30. The number of esters is 4. The Bertz CT molecular complexity index is 1920. The highest BCUT2D eigenvalue weighted by Crippen LogP contribution is 2.45. The number of phosphoric acid groups is 2. The van der Waals surface area contributed by atoms with Crippen LogP contribution in [-0.4, -0.2) is 96.7 Å². The maximum atomic E-state index is 13.1. The number of unbranched alkanes of at least 4 members (excludes halogenated alkanes) is 50. The lowest BCUT2D eigenvalue weighted by atomic mass is 10.0. The summed E-state index contributed by atoms with van der Waals surface area (Å²) in [4.78, 5) is 73.0. The van der Waals surface area contributed by atoms with E-state index in [-0.39, 0.29) is 25.7 Å². The van der Waals surface area contributed by atoms with E-state index in [9.17, 15) is 43.2 Å². The van der Waals surface area contributed by atoms with Gasteiger partial charge in [0.2, 0.25) is 0 Å². The summed E-state index contributed by atoms with van der Waals surface area (Å²) in [7, 11) is -9.92. The highest BCUT2D eigenvalue weighted by molar-refractivity contribution is 7.47. The number of aliphatic hydroxyl groups is 1. The average Bonchev–Trinajstić information content (AvgIpc) is 0.936. The third kappa shape index (κ3) is 74.3. The molecule has 19 heteroatoms. The second-order valence-electron chi connectivity index (χ2n) is 30.1. The molecule has 0 aliphatic rings. The topological polar surface area (TPSA) is 237 Å². The van der Waals surface area contributed by atoms with Crippen molar-refractivity contribution in [2.24, 2.45) is 11.8 Å². The zero-order chi connectivity index (χ0) is 73.5. The first-order chi connectivity index (χ1) is 48.4. The van der Waals surface area contributed by atoms with Crippen LogP contribution in [0.15, 0.2) is 0 Å². The standard InChI is InChI=1S/C81H158O17P2/c1-7-9-11-13-15-17-19-21-23-24-25-26-27-28-30-32-34-40-47-53-59-65-80(85)97-76(69-91-78(83)63-57-51-45-39-33-31-29-22-20-18-16-14-12-10-8-2)71-95-99(87,88)93-67-75(82)68-94-100(89,90)96-72-77(98-81(86)66-60-54-48-42-36-38-44-50-56-62-74(5)6)70-92-79(84)64-58-52-46-41-35-37-43-49-55-61-73(3)4/h73-77,82H,7-72H2,1-6H3,(H,87,88)(H,89,90)/t75-,76-,77-/m1/s1. The van der Waals surface area contributed by atoms with Gasteiger partial charge in [-0.15, -0.1) is 0 Å². The average molecular weight is 1470 g/mol. The fraction of sp³-hybridized carbons (Fsp3) is 0.951. The zero-order valence-electron chi connectivity index (χ0n) is 65.5. The summed E-state index contributed by atoms with van der Waals surface area (Å²) in [6.45, 7) is 9.59. The molecule has 0 radical (unpaired) electrons. The van der Waals surface area contributed by atoms with Crippen LogP contribution < -0.4 is 0 Å². The van der Waals surface area contributed by atoms with Gasteiger partial charge in [0.05, 0.1) is 26.4 Å². The first kappa shape index (κ1) is 98.1. The summed E-state index contributed by atoms with van der Waals surface area (Å²) in [5.74, 6) is -0.630. The van der Waals surface area contributed by atoms with E-state index in [0.29, 0.717) is 25.7 Å². The number of hydrogen-bond donors (Lipinski definition) is 3. The molecule has 5 atom stereocenters. The molecule has 100 heavy (non-hydrogen) atoms. The molecule has 0 rings (SSSR count). The second-order valence-corrected chi connectivity index (χ2v) is 33.0. The van der Waals surface area contributed by atoms with E-state index in [1.54, 1.807) is 0 Å². The minimum absolute atomic E-state index is 0.105. The Kier molecular flexibility index (Phi) is 71.2. The molecular weight excluding hydrogens is 1310 g/mol. The van der Waals surface area contributed by atoms with Gasteiger partial charge >= 0.3 is 39.5 Å². The van der Waals surface area contributed by atoms with Crippen molar-refractivity contribution in [2.45, 2.75) is 445 Å². The van der Waals surface area contributed by atoms with Crippen molar-refractivity contribution in [1.82, 2.24) is 0 Å². The Hall–Kier alpha value is -1.94. The number of rotatable bonds is 80. The van der Waals surface area contributed by atoms with Crippen LogP contribution in [0.1, 0.15) is 427 Å². The molecule has 0 aliphatic carbocycles. The zero-order valence-corrected chi connectivity index (χ0v) is 67.3. The minimum Gasteiger partial charge on any atom is -0.462 e. The number of carbonyl (C=O) groups excluding carboxylic acids is 4. The van der Waals surface area contributed by atoms with Crippen LogP contribution in [-0.2, 0) is 65.4 Å². The molecule has 594 valence electrons. The van der Waals surface area contributed by atoms with Crippen LogP contribution in [0, 0.1) is 11.8 Å². The number of aliphatic hydroxyl groups excluding tert-OH is 1. The van der Waals surface area contributed by atoms with Gasteiger partial charge in [0, 0.05) is 25.7 Å². The van der Waals surface area contributed by atoms with E-state index < -0.39 is 97.5 Å². The molecule has 0 bridgehead atoms. The fourth-order valence-corrected chi connectivity index (χ4v) is 14.1. The largest absolute Gasteiger partial charge is 0.472 e. The molecule has 0 aromatic heterocycles. The summed E-state index contributed by atoms with van der Waals surface area (Å²) >= 11 is 0. The van der Waals surface area contributed by atoms with Gasteiger partial charge in [-0.3, -0.25) is 37.3 Å². The molecule has 0 heterocycles. The molecule has 0 saturated heterocycles. The quantitative estimate of drug-likeness (QED) is 0.0222. The summed E-state index contributed by atoms with van der Waals surface area (Å²) in [6.07, 6.45) is 62.5. The highest BCUT2D eigenvalue weighted by Gasteiger charge is 2.30. The lowest BCUT2D eigenvalue weighted by Gasteiger charge is -2.21. The van der Waals surface area contributed by atoms with Gasteiger partial charge < -0.3 is 33.8 Å². The van der Waals surface area contributed by atoms with Crippen LogP contribution in [0.2, 0.25) is 0 Å². The number of carbonyl (C=O) groups is 4. The fourth-order valence-electron chi connectivity index (χ4n) is 12.5. The van der Waals surface area contributed by atoms with Gasteiger partial charge in [-0.1, -0.05) is 375 Å². The minimum atomic E-state index is -4.96. The maximum absolute atomic E-state index is 13.1. The first-order valence-electron chi connectivity index (χ1n) is 42.0. The molecule has 3 N–H and O–H groups in total. The number of ether oxygens (including phenoxy) is 4. The van der Waals surface area contributed by atoms with Crippen LogP contribution in [0.5, 0.6) is 0 Å². The third-order valence-corrected chi connectivity index (χ3v) is 20.9. The normalized spacial score (nSPS) is 13.9. The van der Waals surface area contributed by atoms with E-state index in [0.717, 1.165) is 102 Å². The van der Waals surface area contributed by atoms with Crippen molar-refractivity contribution in [3.63, 3.8) is 0 Å². The van der Waals surface area contributed by atoms with Crippen LogP contribution in [0.3, 0.4) is 0 Å². The molecule has 0 fully saturated rings. The summed E-state index contributed by atoms with van der Waals surface area (Å²) in [5.41, 5.74) is 0. The number of phosphoric ester groups is 2. The smallest absolute Gasteiger partial charge is 0.462 e. The van der Waals surface area contributed by atoms with Gasteiger partial charge in [-0.05, 0) is 37.5 Å². The molecule has 17 nitrogen and oxygen atoms in total. The molecule has 0 aromatic rings. The van der Waals surface area contributed by atoms with Crippen LogP contribution in [0.4, 0.5) is 0 Å². The van der Waals surface area contributed by atoms with Crippen molar-refractivity contribution in [1.29, 1.82) is 0 Å². The van der Waals surface area contributed by atoms with Crippen molar-refractivity contribution in [2.75, 3.05) is 39.6 Å². The van der Waals surface area contributed by atoms with Crippen LogP contribution >= 0.6 is 15.6 Å². The Labute approximate surface area is 613 Å². The molecule has 0 saturated carbocycles. The SMILES string of the molecule is CCCCCCCCCCCCCCCCCCCCCCCC(=O)O[C@H](COC(=O)CCCCCCCCCCCCCCCCC)COP(=O)(O)OC[C@@H](O)COP(=O)(O)OC[C@@H](COC(=O)CCCCCCCCCCCC(C)C)OC(=O)CCCCCCCCCCCC(C)C. The molecule has 0 aromatic carbocycles. The van der Waals surface area contributed by atoms with Crippen molar-refractivity contribution in [3.05, 3.63) is 0 Å². The summed E-state index contributed by atoms with van der Waals surface area (Å²) < 4.78 is 68.7. The number of hydrogen-bond acceptors (Lipinski definition) is 15. The van der Waals surface area contributed by atoms with E-state index in [1.165, 1.54) is 244 Å². The molecule has 0 spiro atoms. The Morgan fingerprint density at radius 1 is 0.270 bits per heavy atom. The molecule has 2 unspecified atom stereocenters. The van der Waals surface area contributed by atoms with E-state index >= 15 is 0 Å². The van der Waals surface area contributed by atoms with Gasteiger partial charge in [-0.25, -0.2) is 9.13 Å². The molecule has 0 aliphatic heterocycles. The maximum Gasteiger partial charge on any atom is 0.472 e. The lowest BCUT2D eigenvalue weighted by molar-refractivity contribution is -0.161. The van der Waals surface area contributed by atoms with Gasteiger partial charge in [0.1, 0.15) is 19.3 Å². The summed E-state index contributed by atoms with van der Waals surface area (Å²) in [6, 6.07) is 0. The predicted octanol–water partition coefficient (Wildman–Crippen LogP) is 24.3. The first-order valence-corrected chi connectivity index (χ1v) is 45.0. The third-order valence-electron chi connectivity index (χ3n) is 19.0.